The number of rotatable bonds is 5. The van der Waals surface area contributed by atoms with Crippen LogP contribution < -0.4 is 14.2 Å². The van der Waals surface area contributed by atoms with Crippen molar-refractivity contribution in [3.05, 3.63) is 59.2 Å². The Morgan fingerprint density at radius 1 is 0.815 bits per heavy atom. The molecule has 0 bridgehead atoms. The van der Waals surface area contributed by atoms with Crippen LogP contribution >= 0.6 is 0 Å². The molecule has 0 atom stereocenters. The summed E-state index contributed by atoms with van der Waals surface area (Å²) in [5.41, 5.74) is 0.770. The van der Waals surface area contributed by atoms with E-state index in [1.54, 1.807) is 36.4 Å². The second kappa shape index (κ2) is 7.82. The number of benzene rings is 2. The first-order valence-corrected chi connectivity index (χ1v) is 8.06. The van der Waals surface area contributed by atoms with Gasteiger partial charge < -0.3 is 23.7 Å². The van der Waals surface area contributed by atoms with E-state index >= 15 is 0 Å². The zero-order chi connectivity index (χ0) is 19.4. The molecule has 0 saturated carbocycles. The minimum atomic E-state index is -1.07. The van der Waals surface area contributed by atoms with Gasteiger partial charge in [-0.05, 0) is 18.2 Å². The predicted molar refractivity (Wildman–Crippen MR) is 95.4 cm³/mol. The highest BCUT2D eigenvalue weighted by Gasteiger charge is 2.34. The SMILES string of the molecule is COc1ccc(C=C2C(=O)OC(c3ccccc3)OC2=O)c(OC)c1OC. The maximum absolute atomic E-state index is 12.4. The molecule has 140 valence electrons. The first-order chi connectivity index (χ1) is 13.1. The molecule has 1 aliphatic heterocycles. The third kappa shape index (κ3) is 3.57. The molecule has 0 radical (unpaired) electrons. The van der Waals surface area contributed by atoms with Gasteiger partial charge in [0.15, 0.2) is 11.5 Å². The van der Waals surface area contributed by atoms with E-state index in [4.69, 9.17) is 23.7 Å². The predicted octanol–water partition coefficient (Wildman–Crippen LogP) is 2.89. The molecule has 1 heterocycles. The number of hydrogen-bond acceptors (Lipinski definition) is 7. The normalized spacial score (nSPS) is 16.3. The van der Waals surface area contributed by atoms with Crippen LogP contribution in [-0.2, 0) is 19.1 Å². The quantitative estimate of drug-likeness (QED) is 0.455. The van der Waals surface area contributed by atoms with Crippen LogP contribution in [0.5, 0.6) is 17.2 Å². The highest BCUT2D eigenvalue weighted by molar-refractivity contribution is 6.18. The summed E-state index contributed by atoms with van der Waals surface area (Å²) in [6.07, 6.45) is 0.266. The van der Waals surface area contributed by atoms with Crippen LogP contribution in [0.4, 0.5) is 0 Å². The van der Waals surface area contributed by atoms with Gasteiger partial charge in [-0.3, -0.25) is 0 Å². The molecule has 0 spiro atoms. The summed E-state index contributed by atoms with van der Waals surface area (Å²) in [6, 6.07) is 12.0. The molecule has 0 aliphatic carbocycles. The lowest BCUT2D eigenvalue weighted by Gasteiger charge is -2.24. The highest BCUT2D eigenvalue weighted by atomic mass is 16.7. The van der Waals surface area contributed by atoms with Crippen molar-refractivity contribution in [1.82, 2.24) is 0 Å². The average molecular weight is 370 g/mol. The van der Waals surface area contributed by atoms with Crippen LogP contribution in [0.25, 0.3) is 6.08 Å². The van der Waals surface area contributed by atoms with Crippen LogP contribution in [0.2, 0.25) is 0 Å². The molecule has 27 heavy (non-hydrogen) atoms. The molecule has 0 amide bonds. The topological polar surface area (TPSA) is 80.3 Å². The van der Waals surface area contributed by atoms with Gasteiger partial charge in [0.05, 0.1) is 21.3 Å². The second-order valence-electron chi connectivity index (χ2n) is 5.53. The molecule has 2 aromatic rings. The molecule has 7 heteroatoms. The number of cyclic esters (lactones) is 2. The van der Waals surface area contributed by atoms with Gasteiger partial charge in [0.25, 0.3) is 6.29 Å². The number of ether oxygens (including phenoxy) is 5. The van der Waals surface area contributed by atoms with E-state index in [0.717, 1.165) is 0 Å². The van der Waals surface area contributed by atoms with Crippen molar-refractivity contribution in [2.24, 2.45) is 0 Å². The van der Waals surface area contributed by atoms with Crippen molar-refractivity contribution < 1.29 is 33.3 Å². The van der Waals surface area contributed by atoms with Crippen molar-refractivity contribution in [2.75, 3.05) is 21.3 Å². The number of carbonyl (C=O) groups is 2. The summed E-state index contributed by atoms with van der Waals surface area (Å²) in [6.45, 7) is 0. The monoisotopic (exact) mass is 370 g/mol. The molecule has 0 unspecified atom stereocenters. The minimum absolute atomic E-state index is 0.243. The number of carbonyl (C=O) groups excluding carboxylic acids is 2. The van der Waals surface area contributed by atoms with Gasteiger partial charge in [0.2, 0.25) is 5.75 Å². The lowest BCUT2D eigenvalue weighted by atomic mass is 10.1. The number of methoxy groups -OCH3 is 3. The molecule has 2 aromatic carbocycles. The van der Waals surface area contributed by atoms with E-state index in [2.05, 4.69) is 0 Å². The third-order valence-electron chi connectivity index (χ3n) is 3.97. The van der Waals surface area contributed by atoms with Gasteiger partial charge >= 0.3 is 11.9 Å². The Hall–Kier alpha value is -3.48. The van der Waals surface area contributed by atoms with Gasteiger partial charge in [-0.1, -0.05) is 30.3 Å². The van der Waals surface area contributed by atoms with E-state index < -0.39 is 18.2 Å². The second-order valence-corrected chi connectivity index (χ2v) is 5.53. The molecule has 7 nitrogen and oxygen atoms in total. The molecule has 0 N–H and O–H groups in total. The van der Waals surface area contributed by atoms with Gasteiger partial charge in [-0.15, -0.1) is 0 Å². The minimum Gasteiger partial charge on any atom is -0.493 e. The van der Waals surface area contributed by atoms with Crippen LogP contribution in [0.1, 0.15) is 17.4 Å². The first kappa shape index (κ1) is 18.3. The molecular weight excluding hydrogens is 352 g/mol. The van der Waals surface area contributed by atoms with Gasteiger partial charge in [0, 0.05) is 11.1 Å². The Labute approximate surface area is 156 Å². The molecule has 1 fully saturated rings. The zero-order valence-corrected chi connectivity index (χ0v) is 15.1. The van der Waals surface area contributed by atoms with Crippen molar-refractivity contribution in [2.45, 2.75) is 6.29 Å². The molecule has 1 saturated heterocycles. The van der Waals surface area contributed by atoms with Crippen molar-refractivity contribution in [3.8, 4) is 17.2 Å². The largest absolute Gasteiger partial charge is 0.493 e. The Morgan fingerprint density at radius 2 is 1.44 bits per heavy atom. The summed E-state index contributed by atoms with van der Waals surface area (Å²) < 4.78 is 26.4. The van der Waals surface area contributed by atoms with Crippen LogP contribution in [0.15, 0.2) is 48.0 Å². The fourth-order valence-corrected chi connectivity index (χ4v) is 2.69. The van der Waals surface area contributed by atoms with Gasteiger partial charge in [-0.2, -0.15) is 0 Å². The lowest BCUT2D eigenvalue weighted by Crippen LogP contribution is -2.29. The van der Waals surface area contributed by atoms with E-state index in [-0.39, 0.29) is 5.57 Å². The summed E-state index contributed by atoms with van der Waals surface area (Å²) in [7, 11) is 4.40. The molecule has 1 aliphatic rings. The van der Waals surface area contributed by atoms with Gasteiger partial charge in [-0.25, -0.2) is 9.59 Å². The Kier molecular flexibility index (Phi) is 5.30. The fourth-order valence-electron chi connectivity index (χ4n) is 2.69. The molecule has 3 rings (SSSR count). The molecular formula is C20H18O7. The Morgan fingerprint density at radius 3 is 2.00 bits per heavy atom. The van der Waals surface area contributed by atoms with E-state index in [1.807, 2.05) is 6.07 Å². The van der Waals surface area contributed by atoms with E-state index in [0.29, 0.717) is 28.4 Å². The summed E-state index contributed by atoms with van der Waals surface area (Å²) >= 11 is 0. The highest BCUT2D eigenvalue weighted by Crippen LogP contribution is 2.41. The van der Waals surface area contributed by atoms with Crippen LogP contribution in [-0.4, -0.2) is 33.3 Å². The smallest absolute Gasteiger partial charge is 0.348 e. The Bertz CT molecular complexity index is 867. The van der Waals surface area contributed by atoms with Crippen LogP contribution in [0, 0.1) is 0 Å². The standard InChI is InChI=1S/C20H18O7/c1-23-15-10-9-13(16(24-2)17(15)25-3)11-14-18(21)26-20(27-19(14)22)12-7-5-4-6-8-12/h4-11,20H,1-3H3. The van der Waals surface area contributed by atoms with Crippen LogP contribution in [0.3, 0.4) is 0 Å². The maximum Gasteiger partial charge on any atom is 0.348 e. The fraction of sp³-hybridized carbons (Fsp3) is 0.200. The Balaban J connectivity index is 1.94. The number of esters is 2. The summed E-state index contributed by atoms with van der Waals surface area (Å²) in [5, 5.41) is 0. The summed E-state index contributed by atoms with van der Waals surface area (Å²) in [5.74, 6) is -0.451. The zero-order valence-electron chi connectivity index (χ0n) is 15.1. The van der Waals surface area contributed by atoms with Crippen molar-refractivity contribution in [1.29, 1.82) is 0 Å². The average Bonchev–Trinajstić information content (AvgIpc) is 2.70. The molecule has 0 aromatic heterocycles. The van der Waals surface area contributed by atoms with Crippen molar-refractivity contribution in [3.63, 3.8) is 0 Å². The van der Waals surface area contributed by atoms with E-state index in [9.17, 15) is 9.59 Å². The van der Waals surface area contributed by atoms with Crippen molar-refractivity contribution >= 4 is 18.0 Å². The number of hydrogen-bond donors (Lipinski definition) is 0. The van der Waals surface area contributed by atoms with Gasteiger partial charge in [0.1, 0.15) is 5.57 Å². The summed E-state index contributed by atoms with van der Waals surface area (Å²) in [4.78, 5) is 24.8. The lowest BCUT2D eigenvalue weighted by molar-refractivity contribution is -0.195. The maximum atomic E-state index is 12.4. The third-order valence-corrected chi connectivity index (χ3v) is 3.97. The van der Waals surface area contributed by atoms with E-state index in [1.165, 1.54) is 27.4 Å². The first-order valence-electron chi connectivity index (χ1n) is 8.06.